The number of aromatic nitrogens is 2. The Morgan fingerprint density at radius 2 is 1.74 bits per heavy atom. The Bertz CT molecular complexity index is 896. The Balaban J connectivity index is 1.62. The van der Waals surface area contributed by atoms with Gasteiger partial charge in [-0.1, -0.05) is 18.2 Å². The number of anilines is 2. The van der Waals surface area contributed by atoms with E-state index in [1.54, 1.807) is 43.5 Å². The third-order valence-electron chi connectivity index (χ3n) is 3.70. The smallest absolute Gasteiger partial charge is 0.323 e. The highest BCUT2D eigenvalue weighted by atomic mass is 16.5. The van der Waals surface area contributed by atoms with Crippen molar-refractivity contribution in [2.75, 3.05) is 24.4 Å². The second kappa shape index (κ2) is 8.66. The molecule has 2 amide bonds. The van der Waals surface area contributed by atoms with Crippen LogP contribution >= 0.6 is 0 Å². The fourth-order valence-corrected chi connectivity index (χ4v) is 2.42. The molecule has 2 N–H and O–H groups in total. The van der Waals surface area contributed by atoms with Crippen molar-refractivity contribution < 1.29 is 14.3 Å². The van der Waals surface area contributed by atoms with Crippen LogP contribution < -0.4 is 20.1 Å². The number of amides is 2. The summed E-state index contributed by atoms with van der Waals surface area (Å²) >= 11 is 0. The molecule has 1 aromatic heterocycles. The summed E-state index contributed by atoms with van der Waals surface area (Å²) in [5.41, 5.74) is 2.93. The lowest BCUT2D eigenvalue weighted by atomic mass is 10.1. The van der Waals surface area contributed by atoms with Crippen LogP contribution in [0.15, 0.2) is 60.7 Å². The van der Waals surface area contributed by atoms with E-state index in [9.17, 15) is 4.79 Å². The highest BCUT2D eigenvalue weighted by Crippen LogP contribution is 2.21. The van der Waals surface area contributed by atoms with E-state index in [1.807, 2.05) is 31.2 Å². The first-order chi connectivity index (χ1) is 13.2. The fraction of sp³-hybridized carbons (Fsp3) is 0.150. The molecule has 0 fully saturated rings. The van der Waals surface area contributed by atoms with Crippen LogP contribution in [0.2, 0.25) is 0 Å². The van der Waals surface area contributed by atoms with E-state index in [4.69, 9.17) is 9.47 Å². The van der Waals surface area contributed by atoms with Gasteiger partial charge in [-0.05, 0) is 37.3 Å². The van der Waals surface area contributed by atoms with Gasteiger partial charge in [-0.15, -0.1) is 10.2 Å². The molecule has 3 aromatic rings. The van der Waals surface area contributed by atoms with E-state index < -0.39 is 0 Å². The Kier molecular flexibility index (Phi) is 5.84. The fourth-order valence-electron chi connectivity index (χ4n) is 2.42. The molecule has 1 heterocycles. The lowest BCUT2D eigenvalue weighted by Crippen LogP contribution is -2.19. The molecule has 0 bridgehead atoms. The lowest BCUT2D eigenvalue weighted by molar-refractivity contribution is 0.262. The van der Waals surface area contributed by atoms with Crippen molar-refractivity contribution >= 4 is 17.4 Å². The highest BCUT2D eigenvalue weighted by Gasteiger charge is 2.05. The molecule has 0 saturated carbocycles. The number of urea groups is 1. The zero-order valence-electron chi connectivity index (χ0n) is 15.1. The van der Waals surface area contributed by atoms with Gasteiger partial charge in [-0.2, -0.15) is 0 Å². The molecule has 7 nitrogen and oxygen atoms in total. The molecule has 0 saturated heterocycles. The molecule has 7 heteroatoms. The van der Waals surface area contributed by atoms with E-state index in [-0.39, 0.29) is 6.03 Å². The molecule has 138 valence electrons. The van der Waals surface area contributed by atoms with Gasteiger partial charge < -0.3 is 20.1 Å². The van der Waals surface area contributed by atoms with Crippen molar-refractivity contribution in [2.24, 2.45) is 0 Å². The maximum atomic E-state index is 12.1. The molecule has 27 heavy (non-hydrogen) atoms. The van der Waals surface area contributed by atoms with Crippen LogP contribution in [0.3, 0.4) is 0 Å². The van der Waals surface area contributed by atoms with E-state index in [1.165, 1.54) is 0 Å². The largest absolute Gasteiger partial charge is 0.497 e. The molecule has 3 rings (SSSR count). The lowest BCUT2D eigenvalue weighted by Gasteiger charge is -2.09. The van der Waals surface area contributed by atoms with Crippen molar-refractivity contribution in [3.63, 3.8) is 0 Å². The van der Waals surface area contributed by atoms with Crippen molar-refractivity contribution in [3.05, 3.63) is 60.7 Å². The van der Waals surface area contributed by atoms with Crippen molar-refractivity contribution in [2.45, 2.75) is 6.92 Å². The molecular formula is C20H20N4O3. The zero-order valence-corrected chi connectivity index (χ0v) is 15.1. The van der Waals surface area contributed by atoms with Crippen LogP contribution in [0.5, 0.6) is 11.6 Å². The van der Waals surface area contributed by atoms with Crippen molar-refractivity contribution in [3.8, 4) is 22.9 Å². The van der Waals surface area contributed by atoms with Crippen LogP contribution in [0.25, 0.3) is 11.3 Å². The summed E-state index contributed by atoms with van der Waals surface area (Å²) in [6.45, 7) is 2.44. The summed E-state index contributed by atoms with van der Waals surface area (Å²) in [6, 6.07) is 17.8. The predicted octanol–water partition coefficient (Wildman–Crippen LogP) is 4.19. The minimum atomic E-state index is -0.336. The monoisotopic (exact) mass is 364 g/mol. The number of hydrogen-bond acceptors (Lipinski definition) is 5. The van der Waals surface area contributed by atoms with Gasteiger partial charge in [-0.25, -0.2) is 4.79 Å². The minimum Gasteiger partial charge on any atom is -0.497 e. The SMILES string of the molecule is CCOc1ccc(-c2ccc(NC(=O)Nc3cccc(OC)c3)cc2)nn1. The van der Waals surface area contributed by atoms with Gasteiger partial charge in [0.2, 0.25) is 5.88 Å². The van der Waals surface area contributed by atoms with Crippen LogP contribution in [0.1, 0.15) is 6.92 Å². The summed E-state index contributed by atoms with van der Waals surface area (Å²) in [5, 5.41) is 13.7. The van der Waals surface area contributed by atoms with E-state index in [2.05, 4.69) is 20.8 Å². The van der Waals surface area contributed by atoms with E-state index in [0.717, 1.165) is 11.3 Å². The first-order valence-corrected chi connectivity index (χ1v) is 8.47. The molecular weight excluding hydrogens is 344 g/mol. The van der Waals surface area contributed by atoms with Crippen LogP contribution in [-0.4, -0.2) is 29.9 Å². The molecule has 0 unspecified atom stereocenters. The number of benzene rings is 2. The normalized spacial score (nSPS) is 10.1. The summed E-state index contributed by atoms with van der Waals surface area (Å²) in [4.78, 5) is 12.1. The number of ether oxygens (including phenoxy) is 2. The third kappa shape index (κ3) is 4.94. The molecule has 0 aliphatic rings. The van der Waals surface area contributed by atoms with Gasteiger partial charge in [0.1, 0.15) is 5.75 Å². The Morgan fingerprint density at radius 1 is 0.963 bits per heavy atom. The van der Waals surface area contributed by atoms with E-state index in [0.29, 0.717) is 29.6 Å². The van der Waals surface area contributed by atoms with E-state index >= 15 is 0 Å². The summed E-state index contributed by atoms with van der Waals surface area (Å²) in [6.07, 6.45) is 0. The topological polar surface area (TPSA) is 85.4 Å². The molecule has 0 spiro atoms. The second-order valence-corrected chi connectivity index (χ2v) is 5.58. The number of nitrogens with zero attached hydrogens (tertiary/aromatic N) is 2. The average Bonchev–Trinajstić information content (AvgIpc) is 2.69. The first-order valence-electron chi connectivity index (χ1n) is 8.47. The maximum absolute atomic E-state index is 12.1. The maximum Gasteiger partial charge on any atom is 0.323 e. The number of rotatable bonds is 6. The van der Waals surface area contributed by atoms with Gasteiger partial charge in [-0.3, -0.25) is 0 Å². The molecule has 2 aromatic carbocycles. The predicted molar refractivity (Wildman–Crippen MR) is 104 cm³/mol. The summed E-state index contributed by atoms with van der Waals surface area (Å²) in [5.74, 6) is 1.17. The van der Waals surface area contributed by atoms with Gasteiger partial charge in [0.15, 0.2) is 0 Å². The van der Waals surface area contributed by atoms with Crippen molar-refractivity contribution in [1.29, 1.82) is 0 Å². The molecule has 0 aliphatic carbocycles. The number of carbonyl (C=O) groups is 1. The second-order valence-electron chi connectivity index (χ2n) is 5.58. The number of methoxy groups -OCH3 is 1. The third-order valence-corrected chi connectivity index (χ3v) is 3.70. The van der Waals surface area contributed by atoms with Crippen LogP contribution in [0.4, 0.5) is 16.2 Å². The van der Waals surface area contributed by atoms with Crippen molar-refractivity contribution in [1.82, 2.24) is 10.2 Å². The molecule has 0 radical (unpaired) electrons. The zero-order chi connectivity index (χ0) is 19.1. The standard InChI is InChI=1S/C20H20N4O3/c1-3-27-19-12-11-18(23-24-19)14-7-9-15(10-8-14)21-20(25)22-16-5-4-6-17(13-16)26-2/h4-13H,3H2,1-2H3,(H2,21,22,25). The van der Waals surface area contributed by atoms with Gasteiger partial charge in [0.25, 0.3) is 0 Å². The van der Waals surface area contributed by atoms with Crippen LogP contribution in [-0.2, 0) is 0 Å². The first kappa shape index (κ1) is 18.2. The highest BCUT2D eigenvalue weighted by molar-refractivity contribution is 5.99. The Labute approximate surface area is 157 Å². The summed E-state index contributed by atoms with van der Waals surface area (Å²) in [7, 11) is 1.58. The Morgan fingerprint density at radius 3 is 2.41 bits per heavy atom. The number of nitrogens with one attached hydrogen (secondary N) is 2. The Hall–Kier alpha value is -3.61. The summed E-state index contributed by atoms with van der Waals surface area (Å²) < 4.78 is 10.4. The van der Waals surface area contributed by atoms with Gasteiger partial charge in [0, 0.05) is 29.1 Å². The quantitative estimate of drug-likeness (QED) is 0.685. The number of hydrogen-bond donors (Lipinski definition) is 2. The van der Waals surface area contributed by atoms with Gasteiger partial charge >= 0.3 is 6.03 Å². The minimum absolute atomic E-state index is 0.336. The van der Waals surface area contributed by atoms with Crippen LogP contribution in [0, 0.1) is 0 Å². The molecule has 0 aliphatic heterocycles. The average molecular weight is 364 g/mol. The molecule has 0 atom stereocenters. The number of carbonyl (C=O) groups excluding carboxylic acids is 1. The van der Waals surface area contributed by atoms with Gasteiger partial charge in [0.05, 0.1) is 19.4 Å².